The summed E-state index contributed by atoms with van der Waals surface area (Å²) in [5.74, 6) is 0. The number of amides is 1. The highest BCUT2D eigenvalue weighted by atomic mass is 19.4. The molecule has 1 aliphatic heterocycles. The number of piperidine rings is 1. The molecule has 1 heterocycles. The first-order valence-electron chi connectivity index (χ1n) is 4.65. The van der Waals surface area contributed by atoms with Crippen LogP contribution in [-0.2, 0) is 0 Å². The monoisotopic (exact) mass is 226 g/mol. The van der Waals surface area contributed by atoms with Gasteiger partial charge in [0.05, 0.1) is 6.54 Å². The first-order valence-corrected chi connectivity index (χ1v) is 4.65. The molecule has 1 aliphatic rings. The Morgan fingerprint density at radius 3 is 2.33 bits per heavy atom. The third kappa shape index (κ3) is 4.87. The van der Waals surface area contributed by atoms with E-state index in [1.54, 1.807) is 0 Å². The van der Waals surface area contributed by atoms with Crippen LogP contribution in [-0.4, -0.2) is 48.0 Å². The van der Waals surface area contributed by atoms with Gasteiger partial charge in [0, 0.05) is 19.1 Å². The van der Waals surface area contributed by atoms with E-state index in [0.717, 1.165) is 0 Å². The third-order valence-corrected chi connectivity index (χ3v) is 2.32. The number of alkyl halides is 3. The Morgan fingerprint density at radius 2 is 1.93 bits per heavy atom. The van der Waals surface area contributed by atoms with Crippen LogP contribution < -0.4 is 5.32 Å². The topological polar surface area (TPSA) is 52.6 Å². The van der Waals surface area contributed by atoms with Gasteiger partial charge in [0.15, 0.2) is 0 Å². The van der Waals surface area contributed by atoms with Crippen LogP contribution in [0.5, 0.6) is 0 Å². The summed E-state index contributed by atoms with van der Waals surface area (Å²) in [6.07, 6.45) is -4.43. The number of nitrogens with zero attached hydrogens (tertiary/aromatic N) is 1. The Morgan fingerprint density at radius 1 is 1.40 bits per heavy atom. The second-order valence-corrected chi connectivity index (χ2v) is 3.62. The van der Waals surface area contributed by atoms with E-state index in [0.29, 0.717) is 12.8 Å². The smallest absolute Gasteiger partial charge is 0.404 e. The molecule has 7 heteroatoms. The Kier molecular flexibility index (Phi) is 3.78. The molecule has 4 nitrogen and oxygen atoms in total. The minimum atomic E-state index is -4.17. The molecule has 0 saturated carbocycles. The quantitative estimate of drug-likeness (QED) is 0.745. The van der Waals surface area contributed by atoms with E-state index in [1.165, 1.54) is 4.90 Å². The molecule has 0 aromatic rings. The molecule has 2 N–H and O–H groups in total. The van der Waals surface area contributed by atoms with Gasteiger partial charge in [0.1, 0.15) is 0 Å². The summed E-state index contributed by atoms with van der Waals surface area (Å²) in [5, 5.41) is 10.7. The lowest BCUT2D eigenvalue weighted by atomic mass is 10.1. The van der Waals surface area contributed by atoms with Crippen LogP contribution in [0.25, 0.3) is 0 Å². The van der Waals surface area contributed by atoms with Crippen molar-refractivity contribution in [2.24, 2.45) is 0 Å². The van der Waals surface area contributed by atoms with Gasteiger partial charge in [-0.05, 0) is 12.8 Å². The predicted molar refractivity (Wildman–Crippen MR) is 46.7 cm³/mol. The van der Waals surface area contributed by atoms with Crippen LogP contribution in [0.3, 0.4) is 0 Å². The van der Waals surface area contributed by atoms with Gasteiger partial charge in [-0.25, -0.2) is 4.79 Å². The van der Waals surface area contributed by atoms with Gasteiger partial charge in [0.2, 0.25) is 0 Å². The highest BCUT2D eigenvalue weighted by Gasteiger charge is 2.32. The third-order valence-electron chi connectivity index (χ3n) is 2.32. The molecule has 0 unspecified atom stereocenters. The summed E-state index contributed by atoms with van der Waals surface area (Å²) in [7, 11) is 0. The highest BCUT2D eigenvalue weighted by Crippen LogP contribution is 2.19. The van der Waals surface area contributed by atoms with Crippen LogP contribution in [0.1, 0.15) is 12.8 Å². The normalized spacial score (nSPS) is 20.2. The van der Waals surface area contributed by atoms with Crippen LogP contribution in [0, 0.1) is 0 Å². The number of hydrogen-bond acceptors (Lipinski definition) is 2. The molecule has 15 heavy (non-hydrogen) atoms. The van der Waals surface area contributed by atoms with E-state index in [9.17, 15) is 18.0 Å². The second-order valence-electron chi connectivity index (χ2n) is 3.62. The van der Waals surface area contributed by atoms with Crippen molar-refractivity contribution in [1.29, 1.82) is 0 Å². The van der Waals surface area contributed by atoms with Gasteiger partial charge < -0.3 is 10.4 Å². The van der Waals surface area contributed by atoms with Crippen LogP contribution in [0.15, 0.2) is 0 Å². The fourth-order valence-electron chi connectivity index (χ4n) is 1.66. The molecule has 1 saturated heterocycles. The lowest BCUT2D eigenvalue weighted by Crippen LogP contribution is -2.46. The molecule has 0 aromatic carbocycles. The molecule has 1 amide bonds. The summed E-state index contributed by atoms with van der Waals surface area (Å²) in [6.45, 7) is -0.346. The van der Waals surface area contributed by atoms with E-state index < -0.39 is 18.8 Å². The number of carbonyl (C=O) groups is 1. The molecular formula is C8H13F3N2O2. The van der Waals surface area contributed by atoms with Crippen molar-refractivity contribution in [3.05, 3.63) is 0 Å². The van der Waals surface area contributed by atoms with Crippen molar-refractivity contribution in [3.63, 3.8) is 0 Å². The van der Waals surface area contributed by atoms with Gasteiger partial charge in [-0.1, -0.05) is 0 Å². The zero-order valence-corrected chi connectivity index (χ0v) is 8.05. The van der Waals surface area contributed by atoms with Crippen LogP contribution in [0.4, 0.5) is 18.0 Å². The average molecular weight is 226 g/mol. The highest BCUT2D eigenvalue weighted by molar-refractivity contribution is 5.64. The SMILES string of the molecule is O=C(O)NC1CCN(CC(F)(F)F)CC1. The number of carboxylic acid groups (broad SMARTS) is 1. The van der Waals surface area contributed by atoms with E-state index in [4.69, 9.17) is 5.11 Å². The first-order chi connectivity index (χ1) is 6.87. The molecule has 1 rings (SSSR count). The maximum Gasteiger partial charge on any atom is 0.404 e. The Balaban J connectivity index is 2.27. The van der Waals surface area contributed by atoms with Crippen LogP contribution in [0.2, 0.25) is 0 Å². The van der Waals surface area contributed by atoms with E-state index in [1.807, 2.05) is 0 Å². The van der Waals surface area contributed by atoms with Gasteiger partial charge in [0.25, 0.3) is 0 Å². The Labute approximate surface area is 85.1 Å². The van der Waals surface area contributed by atoms with Crippen molar-refractivity contribution in [3.8, 4) is 0 Å². The zero-order chi connectivity index (χ0) is 11.5. The molecule has 0 atom stereocenters. The minimum absolute atomic E-state index is 0.216. The van der Waals surface area contributed by atoms with E-state index in [-0.39, 0.29) is 19.1 Å². The summed E-state index contributed by atoms with van der Waals surface area (Å²) < 4.78 is 36.0. The molecule has 0 spiro atoms. The molecule has 88 valence electrons. The zero-order valence-electron chi connectivity index (χ0n) is 8.05. The largest absolute Gasteiger partial charge is 0.465 e. The van der Waals surface area contributed by atoms with E-state index in [2.05, 4.69) is 5.32 Å². The summed E-state index contributed by atoms with van der Waals surface area (Å²) >= 11 is 0. The van der Waals surface area contributed by atoms with E-state index >= 15 is 0 Å². The standard InChI is InChI=1S/C8H13F3N2O2/c9-8(10,11)5-13-3-1-6(2-4-13)12-7(14)15/h6,12H,1-5H2,(H,14,15). The van der Waals surface area contributed by atoms with Crippen LogP contribution >= 0.6 is 0 Å². The van der Waals surface area contributed by atoms with Crippen molar-refractivity contribution in [1.82, 2.24) is 10.2 Å². The molecule has 0 aliphatic carbocycles. The minimum Gasteiger partial charge on any atom is -0.465 e. The fraction of sp³-hybridized carbons (Fsp3) is 0.875. The van der Waals surface area contributed by atoms with Crippen molar-refractivity contribution < 1.29 is 23.1 Å². The maximum atomic E-state index is 12.0. The van der Waals surface area contributed by atoms with Gasteiger partial charge in [-0.15, -0.1) is 0 Å². The molecular weight excluding hydrogens is 213 g/mol. The maximum absolute atomic E-state index is 12.0. The van der Waals surface area contributed by atoms with Crippen molar-refractivity contribution >= 4 is 6.09 Å². The lowest BCUT2D eigenvalue weighted by molar-refractivity contribution is -0.148. The number of nitrogens with one attached hydrogen (secondary N) is 1. The molecule has 0 aromatic heterocycles. The van der Waals surface area contributed by atoms with Gasteiger partial charge in [-0.2, -0.15) is 13.2 Å². The Hall–Kier alpha value is -0.980. The number of rotatable bonds is 2. The number of hydrogen-bond donors (Lipinski definition) is 2. The number of likely N-dealkylation sites (tertiary alicyclic amines) is 1. The second kappa shape index (κ2) is 4.69. The van der Waals surface area contributed by atoms with Gasteiger partial charge in [-0.3, -0.25) is 4.90 Å². The lowest BCUT2D eigenvalue weighted by Gasteiger charge is -2.32. The Bertz CT molecular complexity index is 224. The summed E-state index contributed by atoms with van der Waals surface area (Å²) in [4.78, 5) is 11.6. The molecule has 0 radical (unpaired) electrons. The molecule has 1 fully saturated rings. The van der Waals surface area contributed by atoms with Gasteiger partial charge >= 0.3 is 12.3 Å². The summed E-state index contributed by atoms with van der Waals surface area (Å²) in [5.41, 5.74) is 0. The van der Waals surface area contributed by atoms with Crippen molar-refractivity contribution in [2.45, 2.75) is 25.1 Å². The first kappa shape index (κ1) is 12.1. The predicted octanol–water partition coefficient (Wildman–Crippen LogP) is 1.28. The molecule has 0 bridgehead atoms. The number of halogens is 3. The average Bonchev–Trinajstić information content (AvgIpc) is 2.05. The fourth-order valence-corrected chi connectivity index (χ4v) is 1.66. The van der Waals surface area contributed by atoms with Crippen molar-refractivity contribution in [2.75, 3.05) is 19.6 Å². The summed E-state index contributed by atoms with van der Waals surface area (Å²) in [6, 6.07) is -0.216.